The fraction of sp³-hybridized carbons (Fsp3) is 0.300. The average Bonchev–Trinajstić information content (AvgIpc) is 3.02. The van der Waals surface area contributed by atoms with E-state index in [4.69, 9.17) is 9.47 Å². The fourth-order valence-corrected chi connectivity index (χ4v) is 3.55. The van der Waals surface area contributed by atoms with E-state index in [1.54, 1.807) is 24.1 Å². The van der Waals surface area contributed by atoms with Crippen molar-refractivity contribution >= 4 is 17.7 Å². The van der Waals surface area contributed by atoms with Gasteiger partial charge in [0, 0.05) is 18.7 Å². The molecular formula is C20H20N2O4. The Morgan fingerprint density at radius 2 is 2.04 bits per heavy atom. The molecule has 0 N–H and O–H groups in total. The molecule has 2 aliphatic heterocycles. The van der Waals surface area contributed by atoms with Crippen LogP contribution in [0.2, 0.25) is 0 Å². The predicted molar refractivity (Wildman–Crippen MR) is 96.4 cm³/mol. The van der Waals surface area contributed by atoms with Gasteiger partial charge >= 0.3 is 6.09 Å². The number of amides is 2. The van der Waals surface area contributed by atoms with Crippen LogP contribution in [0.5, 0.6) is 5.75 Å². The second-order valence-corrected chi connectivity index (χ2v) is 6.48. The third kappa shape index (κ3) is 2.87. The lowest BCUT2D eigenvalue weighted by Crippen LogP contribution is -2.42. The lowest BCUT2D eigenvalue weighted by Gasteiger charge is -2.32. The number of methoxy groups -OCH3 is 1. The maximum atomic E-state index is 13.1. The quantitative estimate of drug-likeness (QED) is 0.833. The van der Waals surface area contributed by atoms with Gasteiger partial charge in [0.05, 0.1) is 18.8 Å². The van der Waals surface area contributed by atoms with E-state index in [0.29, 0.717) is 37.4 Å². The Morgan fingerprint density at radius 3 is 2.88 bits per heavy atom. The smallest absolute Gasteiger partial charge is 0.414 e. The summed E-state index contributed by atoms with van der Waals surface area (Å²) < 4.78 is 10.5. The number of cyclic esters (lactones) is 1. The van der Waals surface area contributed by atoms with Gasteiger partial charge in [-0.3, -0.25) is 9.69 Å². The lowest BCUT2D eigenvalue weighted by atomic mass is 10.0. The Balaban J connectivity index is 1.67. The number of carbonyl (C=O) groups excluding carboxylic acids is 2. The van der Waals surface area contributed by atoms with Gasteiger partial charge < -0.3 is 14.4 Å². The third-order valence-corrected chi connectivity index (χ3v) is 4.91. The largest absolute Gasteiger partial charge is 0.497 e. The Labute approximate surface area is 151 Å². The van der Waals surface area contributed by atoms with Gasteiger partial charge in [0.1, 0.15) is 12.4 Å². The summed E-state index contributed by atoms with van der Waals surface area (Å²) in [6.07, 6.45) is 0.366. The van der Waals surface area contributed by atoms with Gasteiger partial charge in [0.15, 0.2) is 0 Å². The molecule has 2 aliphatic rings. The molecule has 134 valence electrons. The average molecular weight is 352 g/mol. The van der Waals surface area contributed by atoms with E-state index in [1.165, 1.54) is 0 Å². The number of fused-ring (bicyclic) bond motifs is 3. The molecular weight excluding hydrogens is 332 g/mol. The van der Waals surface area contributed by atoms with Crippen molar-refractivity contribution in [3.8, 4) is 5.75 Å². The van der Waals surface area contributed by atoms with Crippen LogP contribution in [0.4, 0.5) is 10.5 Å². The summed E-state index contributed by atoms with van der Waals surface area (Å²) in [6.45, 7) is 1.36. The number of rotatable bonds is 2. The first-order valence-electron chi connectivity index (χ1n) is 8.64. The molecule has 0 spiro atoms. The van der Waals surface area contributed by atoms with Crippen LogP contribution in [0.1, 0.15) is 22.3 Å². The van der Waals surface area contributed by atoms with Gasteiger partial charge in [0.25, 0.3) is 5.91 Å². The SMILES string of the molecule is COc1cccc(C(=O)N2CC[C@H]3COC(=O)N3c3ccccc3C2)c1. The van der Waals surface area contributed by atoms with Crippen LogP contribution in [0.3, 0.4) is 0 Å². The van der Waals surface area contributed by atoms with Crippen molar-refractivity contribution in [2.45, 2.75) is 19.0 Å². The van der Waals surface area contributed by atoms with Crippen LogP contribution >= 0.6 is 0 Å². The van der Waals surface area contributed by atoms with Crippen molar-refractivity contribution < 1.29 is 19.1 Å². The summed E-state index contributed by atoms with van der Waals surface area (Å²) in [4.78, 5) is 28.8. The second kappa shape index (κ2) is 6.71. The van der Waals surface area contributed by atoms with Gasteiger partial charge in [-0.05, 0) is 36.2 Å². The summed E-state index contributed by atoms with van der Waals surface area (Å²) in [5, 5.41) is 0. The summed E-state index contributed by atoms with van der Waals surface area (Å²) in [5.41, 5.74) is 2.36. The molecule has 0 bridgehead atoms. The molecule has 4 rings (SSSR count). The van der Waals surface area contributed by atoms with Crippen molar-refractivity contribution in [1.29, 1.82) is 0 Å². The molecule has 1 fully saturated rings. The summed E-state index contributed by atoms with van der Waals surface area (Å²) >= 11 is 0. The lowest BCUT2D eigenvalue weighted by molar-refractivity contribution is 0.0734. The molecule has 2 amide bonds. The minimum Gasteiger partial charge on any atom is -0.497 e. The topological polar surface area (TPSA) is 59.1 Å². The molecule has 0 unspecified atom stereocenters. The highest BCUT2D eigenvalue weighted by molar-refractivity contribution is 5.95. The number of hydrogen-bond acceptors (Lipinski definition) is 4. The van der Waals surface area contributed by atoms with E-state index in [0.717, 1.165) is 11.3 Å². The van der Waals surface area contributed by atoms with Gasteiger partial charge in [-0.25, -0.2) is 4.79 Å². The first-order chi connectivity index (χ1) is 12.7. The first-order valence-corrected chi connectivity index (χ1v) is 8.64. The highest BCUT2D eigenvalue weighted by Crippen LogP contribution is 2.32. The minimum atomic E-state index is -0.310. The Kier molecular flexibility index (Phi) is 4.24. The van der Waals surface area contributed by atoms with Gasteiger partial charge in [0.2, 0.25) is 0 Å². The van der Waals surface area contributed by atoms with Crippen LogP contribution in [0.15, 0.2) is 48.5 Å². The van der Waals surface area contributed by atoms with Crippen LogP contribution in [-0.2, 0) is 11.3 Å². The number of benzene rings is 2. The molecule has 2 heterocycles. The molecule has 26 heavy (non-hydrogen) atoms. The Hall–Kier alpha value is -3.02. The van der Waals surface area contributed by atoms with E-state index < -0.39 is 0 Å². The van der Waals surface area contributed by atoms with E-state index in [-0.39, 0.29) is 18.0 Å². The molecule has 1 atom stereocenters. The molecule has 2 aromatic rings. The molecule has 6 nitrogen and oxygen atoms in total. The molecule has 0 radical (unpaired) electrons. The first kappa shape index (κ1) is 16.4. The number of nitrogens with zero attached hydrogens (tertiary/aromatic N) is 2. The number of anilines is 1. The maximum Gasteiger partial charge on any atom is 0.414 e. The Bertz CT molecular complexity index is 851. The summed E-state index contributed by atoms with van der Waals surface area (Å²) in [5.74, 6) is 0.613. The van der Waals surface area contributed by atoms with Crippen LogP contribution in [-0.4, -0.2) is 43.2 Å². The second-order valence-electron chi connectivity index (χ2n) is 6.48. The normalized spacial score (nSPS) is 19.1. The van der Waals surface area contributed by atoms with Gasteiger partial charge in [-0.15, -0.1) is 0 Å². The highest BCUT2D eigenvalue weighted by atomic mass is 16.6. The highest BCUT2D eigenvalue weighted by Gasteiger charge is 2.37. The zero-order valence-corrected chi connectivity index (χ0v) is 14.6. The molecule has 0 aromatic heterocycles. The van der Waals surface area contributed by atoms with Crippen LogP contribution in [0.25, 0.3) is 0 Å². The monoisotopic (exact) mass is 352 g/mol. The Morgan fingerprint density at radius 1 is 1.19 bits per heavy atom. The molecule has 0 saturated carbocycles. The third-order valence-electron chi connectivity index (χ3n) is 4.91. The van der Waals surface area contributed by atoms with E-state index in [2.05, 4.69) is 0 Å². The summed E-state index contributed by atoms with van der Waals surface area (Å²) in [7, 11) is 1.58. The van der Waals surface area contributed by atoms with Crippen molar-refractivity contribution in [1.82, 2.24) is 4.90 Å². The van der Waals surface area contributed by atoms with E-state index >= 15 is 0 Å². The van der Waals surface area contributed by atoms with Gasteiger partial charge in [-0.2, -0.15) is 0 Å². The standard InChI is InChI=1S/C20H20N2O4/c1-25-17-7-4-6-14(11-17)19(23)21-10-9-16-13-26-20(24)22(16)18-8-3-2-5-15(18)12-21/h2-8,11,16H,9-10,12-13H2,1H3/t16-/m0/s1. The molecule has 1 saturated heterocycles. The van der Waals surface area contributed by atoms with Crippen molar-refractivity contribution in [3.63, 3.8) is 0 Å². The number of ether oxygens (including phenoxy) is 2. The number of hydrogen-bond donors (Lipinski definition) is 0. The number of carbonyl (C=O) groups is 2. The predicted octanol–water partition coefficient (Wildman–Crippen LogP) is 3.07. The fourth-order valence-electron chi connectivity index (χ4n) is 3.55. The minimum absolute atomic E-state index is 0.0441. The van der Waals surface area contributed by atoms with Crippen molar-refractivity contribution in [3.05, 3.63) is 59.7 Å². The summed E-state index contributed by atoms with van der Waals surface area (Å²) in [6, 6.07) is 14.8. The van der Waals surface area contributed by atoms with E-state index in [1.807, 2.05) is 41.3 Å². The van der Waals surface area contributed by atoms with Crippen LogP contribution < -0.4 is 9.64 Å². The zero-order chi connectivity index (χ0) is 18.1. The van der Waals surface area contributed by atoms with Gasteiger partial charge in [-0.1, -0.05) is 24.3 Å². The van der Waals surface area contributed by atoms with Crippen LogP contribution in [0, 0.1) is 0 Å². The number of para-hydroxylation sites is 1. The van der Waals surface area contributed by atoms with Crippen molar-refractivity contribution in [2.24, 2.45) is 0 Å². The molecule has 0 aliphatic carbocycles. The zero-order valence-electron chi connectivity index (χ0n) is 14.6. The maximum absolute atomic E-state index is 13.1. The van der Waals surface area contributed by atoms with Crippen molar-refractivity contribution in [2.75, 3.05) is 25.2 Å². The molecule has 2 aromatic carbocycles. The molecule has 6 heteroatoms. The van der Waals surface area contributed by atoms with E-state index in [9.17, 15) is 9.59 Å².